The summed E-state index contributed by atoms with van der Waals surface area (Å²) < 4.78 is 20.1. The summed E-state index contributed by atoms with van der Waals surface area (Å²) in [5.74, 6) is -1.37. The first-order valence-electron chi connectivity index (χ1n) is 8.14. The predicted octanol–water partition coefficient (Wildman–Crippen LogP) is 5.40. The quantitative estimate of drug-likeness (QED) is 0.482. The molecule has 0 heterocycles. The van der Waals surface area contributed by atoms with Gasteiger partial charge >= 0.3 is 5.97 Å². The van der Waals surface area contributed by atoms with Gasteiger partial charge in [0.25, 0.3) is 0 Å². The van der Waals surface area contributed by atoms with Gasteiger partial charge in [-0.3, -0.25) is 9.59 Å². The van der Waals surface area contributed by atoms with E-state index in [0.717, 1.165) is 0 Å². The van der Waals surface area contributed by atoms with Crippen LogP contribution in [0.4, 0.5) is 10.1 Å². The van der Waals surface area contributed by atoms with Crippen molar-refractivity contribution in [2.24, 2.45) is 5.92 Å². The highest BCUT2D eigenvalue weighted by Gasteiger charge is 2.26. The van der Waals surface area contributed by atoms with Gasteiger partial charge in [0.15, 0.2) is 0 Å². The zero-order valence-electron chi connectivity index (χ0n) is 15.4. The van der Waals surface area contributed by atoms with Crippen LogP contribution in [-0.4, -0.2) is 22.7 Å². The average molecular weight is 434 g/mol. The van der Waals surface area contributed by atoms with Crippen LogP contribution < -0.4 is 5.32 Å². The summed E-state index contributed by atoms with van der Waals surface area (Å²) in [6.45, 7) is 10.8. The Balaban J connectivity index is 3.03. The van der Waals surface area contributed by atoms with E-state index >= 15 is 0 Å². The molecule has 0 bridgehead atoms. The minimum absolute atomic E-state index is 0.100. The summed E-state index contributed by atoms with van der Waals surface area (Å²) in [6, 6.07) is 2.83. The molecule has 1 rings (SSSR count). The minimum Gasteiger partial charge on any atom is -0.459 e. The summed E-state index contributed by atoms with van der Waals surface area (Å²) >= 11 is 4.60. The van der Waals surface area contributed by atoms with Crippen molar-refractivity contribution >= 4 is 45.3 Å². The van der Waals surface area contributed by atoms with Crippen molar-refractivity contribution in [1.29, 1.82) is 0 Å². The topological polar surface area (TPSA) is 55.4 Å². The molecule has 1 aromatic carbocycles. The third-order valence-corrected chi connectivity index (χ3v) is 5.43. The van der Waals surface area contributed by atoms with E-state index in [9.17, 15) is 14.0 Å². The second-order valence-corrected chi connectivity index (χ2v) is 9.05. The lowest BCUT2D eigenvalue weighted by Gasteiger charge is -2.23. The molecular formula is C18H25BrFNO3S. The van der Waals surface area contributed by atoms with E-state index in [-0.39, 0.29) is 23.5 Å². The van der Waals surface area contributed by atoms with E-state index in [1.165, 1.54) is 23.9 Å². The average Bonchev–Trinajstić information content (AvgIpc) is 2.46. The highest BCUT2D eigenvalue weighted by Crippen LogP contribution is 2.36. The Morgan fingerprint density at radius 3 is 2.40 bits per heavy atom. The molecule has 1 N–H and O–H groups in total. The molecule has 25 heavy (non-hydrogen) atoms. The van der Waals surface area contributed by atoms with E-state index in [2.05, 4.69) is 21.2 Å². The van der Waals surface area contributed by atoms with Crippen LogP contribution in [0, 0.1) is 11.7 Å². The lowest BCUT2D eigenvalue weighted by atomic mass is 10.2. The maximum Gasteiger partial charge on any atom is 0.319 e. The lowest BCUT2D eigenvalue weighted by molar-refractivity contribution is -0.154. The lowest BCUT2D eigenvalue weighted by Crippen LogP contribution is -2.30. The molecule has 0 aliphatic rings. The number of ether oxygens (including phenoxy) is 1. The van der Waals surface area contributed by atoms with E-state index in [0.29, 0.717) is 15.8 Å². The number of nitrogens with one attached hydrogen (secondary N) is 1. The number of amides is 1. The van der Waals surface area contributed by atoms with Crippen LogP contribution >= 0.6 is 27.7 Å². The molecular weight excluding hydrogens is 409 g/mol. The minimum atomic E-state index is -0.568. The van der Waals surface area contributed by atoms with Gasteiger partial charge in [0, 0.05) is 15.3 Å². The number of rotatable bonds is 6. The molecule has 0 aliphatic carbocycles. The van der Waals surface area contributed by atoms with Gasteiger partial charge in [0.05, 0.1) is 5.69 Å². The van der Waals surface area contributed by atoms with Crippen molar-refractivity contribution in [2.45, 2.75) is 63.7 Å². The largest absolute Gasteiger partial charge is 0.459 e. The highest BCUT2D eigenvalue weighted by atomic mass is 79.9. The van der Waals surface area contributed by atoms with Crippen LogP contribution in [0.3, 0.4) is 0 Å². The Kier molecular flexibility index (Phi) is 7.93. The summed E-state index contributed by atoms with van der Waals surface area (Å²) in [5.41, 5.74) is -0.468. The maximum atomic E-state index is 14.1. The number of esters is 1. The van der Waals surface area contributed by atoms with Gasteiger partial charge in [-0.05, 0) is 55.3 Å². The first-order valence-corrected chi connectivity index (χ1v) is 9.81. The maximum absolute atomic E-state index is 14.1. The Hall–Kier alpha value is -1.08. The molecule has 7 heteroatoms. The van der Waals surface area contributed by atoms with Gasteiger partial charge in [-0.15, -0.1) is 11.8 Å². The first-order chi connectivity index (χ1) is 11.4. The van der Waals surface area contributed by atoms with Crippen LogP contribution in [0.5, 0.6) is 0 Å². The van der Waals surface area contributed by atoms with E-state index in [1.807, 2.05) is 27.7 Å². The van der Waals surface area contributed by atoms with Crippen molar-refractivity contribution in [1.82, 2.24) is 0 Å². The fourth-order valence-electron chi connectivity index (χ4n) is 1.81. The summed E-state index contributed by atoms with van der Waals surface area (Å²) in [5, 5.41) is 2.15. The number of carbonyl (C=O) groups is 2. The van der Waals surface area contributed by atoms with E-state index in [4.69, 9.17) is 4.74 Å². The molecule has 0 aliphatic heterocycles. The van der Waals surface area contributed by atoms with Crippen LogP contribution in [-0.2, 0) is 14.3 Å². The Labute approximate surface area is 161 Å². The number of benzene rings is 1. The number of hydrogen-bond donors (Lipinski definition) is 1. The molecule has 1 aromatic rings. The number of hydrogen-bond acceptors (Lipinski definition) is 4. The van der Waals surface area contributed by atoms with Crippen LogP contribution in [0.2, 0.25) is 0 Å². The molecule has 1 atom stereocenters. The Morgan fingerprint density at radius 2 is 1.92 bits per heavy atom. The van der Waals surface area contributed by atoms with Gasteiger partial charge < -0.3 is 10.1 Å². The normalized spacial score (nSPS) is 12.8. The monoisotopic (exact) mass is 433 g/mol. The molecule has 140 valence electrons. The van der Waals surface area contributed by atoms with Gasteiger partial charge in [0.1, 0.15) is 16.7 Å². The molecule has 0 radical (unpaired) electrons. The van der Waals surface area contributed by atoms with Crippen LogP contribution in [0.25, 0.3) is 0 Å². The van der Waals surface area contributed by atoms with Crippen molar-refractivity contribution in [2.75, 3.05) is 5.32 Å². The molecule has 0 saturated heterocycles. The van der Waals surface area contributed by atoms with Crippen LogP contribution in [0.15, 0.2) is 21.5 Å². The molecule has 1 unspecified atom stereocenters. The number of halogens is 2. The highest BCUT2D eigenvalue weighted by molar-refractivity contribution is 9.10. The molecule has 0 saturated carbocycles. The zero-order chi connectivity index (χ0) is 19.4. The molecule has 0 spiro atoms. The van der Waals surface area contributed by atoms with Crippen LogP contribution in [0.1, 0.15) is 48.0 Å². The van der Waals surface area contributed by atoms with Gasteiger partial charge in [0.2, 0.25) is 5.91 Å². The smallest absolute Gasteiger partial charge is 0.319 e. The van der Waals surface area contributed by atoms with Crippen molar-refractivity contribution in [3.63, 3.8) is 0 Å². The van der Waals surface area contributed by atoms with Gasteiger partial charge in [-0.1, -0.05) is 20.8 Å². The second kappa shape index (κ2) is 9.03. The molecule has 0 aromatic heterocycles. The van der Waals surface area contributed by atoms with Gasteiger partial charge in [-0.2, -0.15) is 0 Å². The summed E-state index contributed by atoms with van der Waals surface area (Å²) in [6.07, 6.45) is 0.567. The van der Waals surface area contributed by atoms with Crippen molar-refractivity contribution < 1.29 is 18.7 Å². The third-order valence-electron chi connectivity index (χ3n) is 3.11. The molecule has 1 amide bonds. The summed E-state index contributed by atoms with van der Waals surface area (Å²) in [4.78, 5) is 24.8. The Morgan fingerprint density at radius 1 is 1.32 bits per heavy atom. The standard InChI is InChI=1S/C18H25BrFNO3S/c1-7-14(17(23)24-18(4,5)6)25-15-9-13(12(20)8-11(15)19)21-16(22)10(2)3/h8-10,14H,7H2,1-6H3,(H,21,22). The number of anilines is 1. The fourth-order valence-corrected chi connectivity index (χ4v) is 3.38. The molecule has 0 fully saturated rings. The van der Waals surface area contributed by atoms with Crippen molar-refractivity contribution in [3.8, 4) is 0 Å². The molecule has 4 nitrogen and oxygen atoms in total. The Bertz CT molecular complexity index is 644. The first kappa shape index (κ1) is 22.0. The zero-order valence-corrected chi connectivity index (χ0v) is 17.8. The van der Waals surface area contributed by atoms with Crippen molar-refractivity contribution in [3.05, 3.63) is 22.4 Å². The van der Waals surface area contributed by atoms with E-state index < -0.39 is 16.7 Å². The third kappa shape index (κ3) is 6.98. The van der Waals surface area contributed by atoms with Gasteiger partial charge in [-0.25, -0.2) is 4.39 Å². The second-order valence-electron chi connectivity index (χ2n) is 6.95. The number of carbonyl (C=O) groups excluding carboxylic acids is 2. The summed E-state index contributed by atoms with van der Waals surface area (Å²) in [7, 11) is 0. The number of thioether (sulfide) groups is 1. The van der Waals surface area contributed by atoms with E-state index in [1.54, 1.807) is 13.8 Å². The predicted molar refractivity (Wildman–Crippen MR) is 103 cm³/mol. The fraction of sp³-hybridized carbons (Fsp3) is 0.556. The SMILES string of the molecule is CCC(Sc1cc(NC(=O)C(C)C)c(F)cc1Br)C(=O)OC(C)(C)C.